The van der Waals surface area contributed by atoms with Crippen LogP contribution >= 0.6 is 0 Å². The van der Waals surface area contributed by atoms with E-state index in [9.17, 15) is 0 Å². The van der Waals surface area contributed by atoms with Crippen LogP contribution in [-0.4, -0.2) is 14.5 Å². The molecule has 0 spiro atoms. The predicted molar refractivity (Wildman–Crippen MR) is 300 cm³/mol. The van der Waals surface area contributed by atoms with E-state index in [1.165, 1.54) is 38.6 Å². The number of benzene rings is 10. The molecule has 0 aliphatic carbocycles. The normalized spacial score (nSPS) is 11.8. The van der Waals surface area contributed by atoms with Gasteiger partial charge in [-0.1, -0.05) is 203 Å². The van der Waals surface area contributed by atoms with Gasteiger partial charge in [0, 0.05) is 49.4 Å². The Morgan fingerprint density at radius 3 is 1.36 bits per heavy atom. The van der Waals surface area contributed by atoms with Crippen LogP contribution in [0, 0.1) is 0 Å². The molecule has 0 bridgehead atoms. The van der Waals surface area contributed by atoms with Crippen molar-refractivity contribution < 1.29 is 4.42 Å². The van der Waals surface area contributed by atoms with Gasteiger partial charge in [0.1, 0.15) is 11.2 Å². The average molecular weight is 924 g/mol. The van der Waals surface area contributed by atoms with Crippen LogP contribution < -0.4 is 0 Å². The van der Waals surface area contributed by atoms with Gasteiger partial charge < -0.3 is 8.98 Å². The maximum Gasteiger partial charge on any atom is 0.160 e. The number of nitrogens with zero attached hydrogens (tertiary/aromatic N) is 3. The molecule has 0 aliphatic heterocycles. The van der Waals surface area contributed by atoms with Crippen molar-refractivity contribution in [3.63, 3.8) is 0 Å². The number of hydrogen-bond acceptors (Lipinski definition) is 3. The van der Waals surface area contributed by atoms with Crippen LogP contribution in [0.25, 0.3) is 128 Å². The zero-order valence-corrected chi connectivity index (χ0v) is 40.3. The molecule has 0 fully saturated rings. The highest BCUT2D eigenvalue weighted by Crippen LogP contribution is 2.46. The maximum absolute atomic E-state index is 6.42. The van der Waals surface area contributed by atoms with Gasteiger partial charge >= 0.3 is 0 Å². The smallest absolute Gasteiger partial charge is 0.160 e. The summed E-state index contributed by atoms with van der Waals surface area (Å²) in [4.78, 5) is 10.9. The molecule has 10 aromatic carbocycles. The molecular weight excluding hydrogens is 875 g/mol. The number of fused-ring (bicyclic) bond motifs is 6. The highest BCUT2D eigenvalue weighted by atomic mass is 16.3. The maximum atomic E-state index is 6.42. The highest BCUT2D eigenvalue weighted by Gasteiger charge is 2.25. The first kappa shape index (κ1) is 42.9. The van der Waals surface area contributed by atoms with E-state index in [-0.39, 0.29) is 5.41 Å². The van der Waals surface area contributed by atoms with Crippen LogP contribution in [0.1, 0.15) is 26.3 Å². The van der Waals surface area contributed by atoms with E-state index in [2.05, 4.69) is 250 Å². The van der Waals surface area contributed by atoms with Crippen LogP contribution in [0.4, 0.5) is 0 Å². The van der Waals surface area contributed by atoms with Crippen molar-refractivity contribution in [1.82, 2.24) is 14.5 Å². The molecule has 72 heavy (non-hydrogen) atoms. The second-order valence-electron chi connectivity index (χ2n) is 19.8. The van der Waals surface area contributed by atoms with Crippen molar-refractivity contribution in [3.8, 4) is 84.1 Å². The Morgan fingerprint density at radius 2 is 0.792 bits per heavy atom. The van der Waals surface area contributed by atoms with Gasteiger partial charge in [-0.15, -0.1) is 0 Å². The van der Waals surface area contributed by atoms with E-state index in [0.717, 1.165) is 89.0 Å². The molecule has 342 valence electrons. The van der Waals surface area contributed by atoms with Gasteiger partial charge in [-0.05, 0) is 105 Å². The minimum atomic E-state index is -0.0222. The molecule has 0 atom stereocenters. The van der Waals surface area contributed by atoms with E-state index >= 15 is 0 Å². The SMILES string of the molecule is CC(C)(C)c1ccc(-c2cc(-c3nc(-c4ccccc4)cc(-c4ccc5c(c4)oc4ccccc45)n3)cc(-c3ccccc3)c2-n2c3ccc(-c4ccccc4)cc3c3cc(-c4ccccc4)ccc32)cc1. The first-order valence-electron chi connectivity index (χ1n) is 24.7. The van der Waals surface area contributed by atoms with Gasteiger partial charge in [-0.2, -0.15) is 0 Å². The minimum Gasteiger partial charge on any atom is -0.456 e. The van der Waals surface area contributed by atoms with E-state index in [0.29, 0.717) is 5.82 Å². The lowest BCUT2D eigenvalue weighted by Gasteiger charge is -2.23. The summed E-state index contributed by atoms with van der Waals surface area (Å²) >= 11 is 0. The molecule has 0 saturated heterocycles. The van der Waals surface area contributed by atoms with Crippen molar-refractivity contribution in [2.24, 2.45) is 0 Å². The van der Waals surface area contributed by atoms with Crippen molar-refractivity contribution in [3.05, 3.63) is 248 Å². The van der Waals surface area contributed by atoms with Crippen LogP contribution in [-0.2, 0) is 5.41 Å². The number of rotatable bonds is 8. The first-order valence-corrected chi connectivity index (χ1v) is 24.7. The molecule has 4 nitrogen and oxygen atoms in total. The third-order valence-corrected chi connectivity index (χ3v) is 14.2. The molecule has 0 aliphatic rings. The summed E-state index contributed by atoms with van der Waals surface area (Å²) in [6, 6.07) is 87.0. The molecule has 3 heterocycles. The summed E-state index contributed by atoms with van der Waals surface area (Å²) in [7, 11) is 0. The van der Waals surface area contributed by atoms with Gasteiger partial charge in [-0.25, -0.2) is 9.97 Å². The Morgan fingerprint density at radius 1 is 0.333 bits per heavy atom. The fourth-order valence-corrected chi connectivity index (χ4v) is 10.5. The van der Waals surface area contributed by atoms with E-state index in [4.69, 9.17) is 14.4 Å². The number of furan rings is 1. The van der Waals surface area contributed by atoms with Crippen LogP contribution in [0.2, 0.25) is 0 Å². The number of aromatic nitrogens is 3. The lowest BCUT2D eigenvalue weighted by Crippen LogP contribution is -2.10. The third-order valence-electron chi connectivity index (χ3n) is 14.2. The number of para-hydroxylation sites is 1. The van der Waals surface area contributed by atoms with Crippen LogP contribution in [0.15, 0.2) is 247 Å². The van der Waals surface area contributed by atoms with Crippen molar-refractivity contribution in [2.45, 2.75) is 26.2 Å². The van der Waals surface area contributed by atoms with Gasteiger partial charge in [0.2, 0.25) is 0 Å². The van der Waals surface area contributed by atoms with E-state index < -0.39 is 0 Å². The Kier molecular flexibility index (Phi) is 10.4. The molecule has 0 saturated carbocycles. The summed E-state index contributed by atoms with van der Waals surface area (Å²) in [5, 5.41) is 4.55. The second-order valence-corrected chi connectivity index (χ2v) is 19.8. The largest absolute Gasteiger partial charge is 0.456 e. The molecule has 3 aromatic heterocycles. The molecule has 13 aromatic rings. The molecule has 0 N–H and O–H groups in total. The van der Waals surface area contributed by atoms with Crippen molar-refractivity contribution in [2.75, 3.05) is 0 Å². The fraction of sp³-hybridized carbons (Fsp3) is 0.0588. The van der Waals surface area contributed by atoms with Crippen LogP contribution in [0.5, 0.6) is 0 Å². The Hall–Kier alpha value is -9.12. The van der Waals surface area contributed by atoms with E-state index in [1.807, 2.05) is 18.2 Å². The molecule has 0 radical (unpaired) electrons. The third kappa shape index (κ3) is 7.65. The lowest BCUT2D eigenvalue weighted by molar-refractivity contribution is 0.590. The van der Waals surface area contributed by atoms with E-state index in [1.54, 1.807) is 0 Å². The summed E-state index contributed by atoms with van der Waals surface area (Å²) in [6.07, 6.45) is 0. The standard InChI is InChI=1S/C68H49N3O/c1-68(2,3)53-33-28-47(29-34-53)57-41-52(67-69-60(48-24-14-7-15-25-48)43-61(70-67)51-30-35-55-54-26-16-17-27-64(54)72-65(55)42-51)40-56(46-22-12-6-13-23-46)66(57)71-62-36-31-49(44-18-8-4-9-19-44)38-58(62)59-39-50(32-37-63(59)71)45-20-10-5-11-21-45/h4-43H,1-3H3. The van der Waals surface area contributed by atoms with Crippen molar-refractivity contribution >= 4 is 43.7 Å². The van der Waals surface area contributed by atoms with Gasteiger partial charge in [0.05, 0.1) is 28.1 Å². The minimum absolute atomic E-state index is 0.0222. The predicted octanol–water partition coefficient (Wildman–Crippen LogP) is 18.4. The topological polar surface area (TPSA) is 43.9 Å². The summed E-state index contributed by atoms with van der Waals surface area (Å²) in [5.74, 6) is 0.634. The molecule has 0 amide bonds. The average Bonchev–Trinajstić information content (AvgIpc) is 3.98. The Labute approximate surface area is 419 Å². The quantitative estimate of drug-likeness (QED) is 0.153. The summed E-state index contributed by atoms with van der Waals surface area (Å²) in [6.45, 7) is 6.81. The first-order chi connectivity index (χ1) is 35.3. The fourth-order valence-electron chi connectivity index (χ4n) is 10.5. The molecule has 0 unspecified atom stereocenters. The zero-order chi connectivity index (χ0) is 48.3. The molecule has 4 heteroatoms. The zero-order valence-electron chi connectivity index (χ0n) is 40.3. The highest BCUT2D eigenvalue weighted by molar-refractivity contribution is 6.13. The van der Waals surface area contributed by atoms with Crippen molar-refractivity contribution in [1.29, 1.82) is 0 Å². The van der Waals surface area contributed by atoms with Gasteiger partial charge in [0.25, 0.3) is 0 Å². The Balaban J connectivity index is 1.11. The molecule has 13 rings (SSSR count). The molecular formula is C68H49N3O. The lowest BCUT2D eigenvalue weighted by atomic mass is 9.85. The summed E-state index contributed by atoms with van der Waals surface area (Å²) < 4.78 is 8.93. The monoisotopic (exact) mass is 923 g/mol. The van der Waals surface area contributed by atoms with Gasteiger partial charge in [0.15, 0.2) is 5.82 Å². The van der Waals surface area contributed by atoms with Crippen LogP contribution in [0.3, 0.4) is 0 Å². The number of hydrogen-bond donors (Lipinski definition) is 0. The summed E-state index contributed by atoms with van der Waals surface area (Å²) in [5.41, 5.74) is 19.9. The van der Waals surface area contributed by atoms with Gasteiger partial charge in [-0.3, -0.25) is 0 Å². The Bertz CT molecular complexity index is 4050. The second kappa shape index (κ2) is 17.4.